The predicted molar refractivity (Wildman–Crippen MR) is 82.6 cm³/mol. The lowest BCUT2D eigenvalue weighted by Crippen LogP contribution is -2.45. The lowest BCUT2D eigenvalue weighted by Gasteiger charge is -2.35. The molecule has 2 saturated heterocycles. The highest BCUT2D eigenvalue weighted by Crippen LogP contribution is 2.17. The van der Waals surface area contributed by atoms with Crippen LogP contribution in [-0.4, -0.2) is 61.7 Å². The fourth-order valence-corrected chi connectivity index (χ4v) is 3.52. The topological polar surface area (TPSA) is 18.5 Å². The SMILES string of the molecule is CCCN1CCC(NCC2CCN(CC)CC2)CC1. The molecule has 0 bridgehead atoms. The molecule has 0 atom stereocenters. The molecule has 1 N–H and O–H groups in total. The van der Waals surface area contributed by atoms with Crippen LogP contribution in [0.4, 0.5) is 0 Å². The fourth-order valence-electron chi connectivity index (χ4n) is 3.52. The number of rotatable bonds is 6. The molecular formula is C16H33N3. The third-order valence-corrected chi connectivity index (χ3v) is 4.98. The van der Waals surface area contributed by atoms with Crippen LogP contribution in [0.3, 0.4) is 0 Å². The molecule has 0 aromatic heterocycles. The summed E-state index contributed by atoms with van der Waals surface area (Å²) >= 11 is 0. The first-order valence-electron chi connectivity index (χ1n) is 8.50. The predicted octanol–water partition coefficient (Wildman–Crippen LogP) is 2.18. The molecule has 19 heavy (non-hydrogen) atoms. The Morgan fingerprint density at radius 3 is 2.11 bits per heavy atom. The van der Waals surface area contributed by atoms with E-state index in [4.69, 9.17) is 0 Å². The molecule has 2 aliphatic heterocycles. The van der Waals surface area contributed by atoms with E-state index in [1.807, 2.05) is 0 Å². The summed E-state index contributed by atoms with van der Waals surface area (Å²) in [5.74, 6) is 0.927. The smallest absolute Gasteiger partial charge is 0.00915 e. The Balaban J connectivity index is 1.57. The van der Waals surface area contributed by atoms with Crippen LogP contribution >= 0.6 is 0 Å². The minimum atomic E-state index is 0.789. The second-order valence-corrected chi connectivity index (χ2v) is 6.40. The van der Waals surface area contributed by atoms with Crippen molar-refractivity contribution in [2.24, 2.45) is 5.92 Å². The molecule has 0 amide bonds. The first-order chi connectivity index (χ1) is 9.31. The zero-order chi connectivity index (χ0) is 13.5. The second-order valence-electron chi connectivity index (χ2n) is 6.40. The molecule has 0 aliphatic carbocycles. The molecule has 0 unspecified atom stereocenters. The Kier molecular flexibility index (Phi) is 6.62. The summed E-state index contributed by atoms with van der Waals surface area (Å²) in [4.78, 5) is 5.21. The number of hydrogen-bond acceptors (Lipinski definition) is 3. The molecule has 2 heterocycles. The van der Waals surface area contributed by atoms with Gasteiger partial charge < -0.3 is 15.1 Å². The van der Waals surface area contributed by atoms with Gasteiger partial charge in [-0.25, -0.2) is 0 Å². The Morgan fingerprint density at radius 2 is 1.53 bits per heavy atom. The summed E-state index contributed by atoms with van der Waals surface area (Å²) in [6, 6.07) is 0.789. The van der Waals surface area contributed by atoms with Crippen LogP contribution in [0.1, 0.15) is 46.0 Å². The Bertz CT molecular complexity index is 228. The standard InChI is InChI=1S/C16H33N3/c1-3-9-19-12-7-16(8-13-19)17-14-15-5-10-18(4-2)11-6-15/h15-17H,3-14H2,1-2H3. The van der Waals surface area contributed by atoms with E-state index < -0.39 is 0 Å². The Hall–Kier alpha value is -0.120. The highest BCUT2D eigenvalue weighted by atomic mass is 15.1. The highest BCUT2D eigenvalue weighted by molar-refractivity contribution is 4.80. The van der Waals surface area contributed by atoms with Gasteiger partial charge in [0.25, 0.3) is 0 Å². The van der Waals surface area contributed by atoms with Crippen molar-refractivity contribution in [1.82, 2.24) is 15.1 Å². The Morgan fingerprint density at radius 1 is 0.895 bits per heavy atom. The zero-order valence-corrected chi connectivity index (χ0v) is 13.0. The van der Waals surface area contributed by atoms with Gasteiger partial charge in [-0.1, -0.05) is 13.8 Å². The molecule has 0 spiro atoms. The number of nitrogens with one attached hydrogen (secondary N) is 1. The van der Waals surface area contributed by atoms with Crippen LogP contribution in [0.25, 0.3) is 0 Å². The lowest BCUT2D eigenvalue weighted by molar-refractivity contribution is 0.170. The number of nitrogens with zero attached hydrogens (tertiary/aromatic N) is 2. The minimum Gasteiger partial charge on any atom is -0.314 e. The maximum absolute atomic E-state index is 3.84. The van der Waals surface area contributed by atoms with Gasteiger partial charge in [0, 0.05) is 6.04 Å². The third kappa shape index (κ3) is 5.05. The summed E-state index contributed by atoms with van der Waals surface area (Å²) < 4.78 is 0. The van der Waals surface area contributed by atoms with Crippen molar-refractivity contribution in [2.45, 2.75) is 52.0 Å². The Labute approximate surface area is 119 Å². The molecule has 112 valence electrons. The quantitative estimate of drug-likeness (QED) is 0.796. The summed E-state index contributed by atoms with van der Waals surface area (Å²) in [6.45, 7) is 13.6. The average Bonchev–Trinajstić information content (AvgIpc) is 2.47. The fraction of sp³-hybridized carbons (Fsp3) is 1.00. The zero-order valence-electron chi connectivity index (χ0n) is 13.0. The van der Waals surface area contributed by atoms with Crippen molar-refractivity contribution >= 4 is 0 Å². The summed E-state index contributed by atoms with van der Waals surface area (Å²) in [6.07, 6.45) is 6.81. The van der Waals surface area contributed by atoms with Crippen molar-refractivity contribution in [2.75, 3.05) is 45.8 Å². The normalized spacial score (nSPS) is 24.9. The molecule has 0 aromatic carbocycles. The molecule has 3 nitrogen and oxygen atoms in total. The summed E-state index contributed by atoms with van der Waals surface area (Å²) in [7, 11) is 0. The third-order valence-electron chi connectivity index (χ3n) is 4.98. The van der Waals surface area contributed by atoms with E-state index in [0.29, 0.717) is 0 Å². The van der Waals surface area contributed by atoms with Gasteiger partial charge >= 0.3 is 0 Å². The van der Waals surface area contributed by atoms with Gasteiger partial charge in [0.15, 0.2) is 0 Å². The molecular weight excluding hydrogens is 234 g/mol. The summed E-state index contributed by atoms with van der Waals surface area (Å²) in [5, 5.41) is 3.84. The van der Waals surface area contributed by atoms with Gasteiger partial charge in [0.05, 0.1) is 0 Å². The largest absolute Gasteiger partial charge is 0.314 e. The van der Waals surface area contributed by atoms with E-state index >= 15 is 0 Å². The van der Waals surface area contributed by atoms with Crippen molar-refractivity contribution in [3.05, 3.63) is 0 Å². The van der Waals surface area contributed by atoms with E-state index in [9.17, 15) is 0 Å². The molecule has 2 rings (SSSR count). The minimum absolute atomic E-state index is 0.789. The van der Waals surface area contributed by atoms with Crippen LogP contribution in [0.2, 0.25) is 0 Å². The molecule has 2 fully saturated rings. The van der Waals surface area contributed by atoms with Crippen LogP contribution < -0.4 is 5.32 Å². The number of piperidine rings is 2. The van der Waals surface area contributed by atoms with Crippen molar-refractivity contribution in [3.63, 3.8) is 0 Å². The van der Waals surface area contributed by atoms with Gasteiger partial charge in [0.2, 0.25) is 0 Å². The average molecular weight is 267 g/mol. The van der Waals surface area contributed by atoms with E-state index in [2.05, 4.69) is 29.0 Å². The van der Waals surface area contributed by atoms with Crippen LogP contribution in [0, 0.1) is 5.92 Å². The van der Waals surface area contributed by atoms with Crippen molar-refractivity contribution in [1.29, 1.82) is 0 Å². The molecule has 2 aliphatic rings. The van der Waals surface area contributed by atoms with Gasteiger partial charge in [-0.15, -0.1) is 0 Å². The highest BCUT2D eigenvalue weighted by Gasteiger charge is 2.21. The maximum Gasteiger partial charge on any atom is 0.00915 e. The molecule has 3 heteroatoms. The lowest BCUT2D eigenvalue weighted by atomic mass is 9.95. The van der Waals surface area contributed by atoms with Crippen LogP contribution in [0.15, 0.2) is 0 Å². The van der Waals surface area contributed by atoms with Gasteiger partial charge in [-0.3, -0.25) is 0 Å². The van der Waals surface area contributed by atoms with Gasteiger partial charge in [0.1, 0.15) is 0 Å². The molecule has 0 saturated carbocycles. The van der Waals surface area contributed by atoms with E-state index in [-0.39, 0.29) is 0 Å². The van der Waals surface area contributed by atoms with Crippen LogP contribution in [-0.2, 0) is 0 Å². The maximum atomic E-state index is 3.84. The van der Waals surface area contributed by atoms with E-state index in [1.54, 1.807) is 0 Å². The van der Waals surface area contributed by atoms with E-state index in [1.165, 1.54) is 77.9 Å². The molecule has 0 radical (unpaired) electrons. The number of likely N-dealkylation sites (tertiary alicyclic amines) is 2. The molecule has 0 aromatic rings. The number of hydrogen-bond donors (Lipinski definition) is 1. The van der Waals surface area contributed by atoms with Gasteiger partial charge in [-0.05, 0) is 83.8 Å². The summed E-state index contributed by atoms with van der Waals surface area (Å²) in [5.41, 5.74) is 0. The second kappa shape index (κ2) is 8.23. The van der Waals surface area contributed by atoms with Crippen LogP contribution in [0.5, 0.6) is 0 Å². The van der Waals surface area contributed by atoms with Crippen molar-refractivity contribution in [3.8, 4) is 0 Å². The first kappa shape index (κ1) is 15.3. The van der Waals surface area contributed by atoms with E-state index in [0.717, 1.165) is 12.0 Å². The first-order valence-corrected chi connectivity index (χ1v) is 8.50. The van der Waals surface area contributed by atoms with Gasteiger partial charge in [-0.2, -0.15) is 0 Å². The van der Waals surface area contributed by atoms with Crippen molar-refractivity contribution < 1.29 is 0 Å². The monoisotopic (exact) mass is 267 g/mol.